The van der Waals surface area contributed by atoms with E-state index < -0.39 is 0 Å². The second-order valence-electron chi connectivity index (χ2n) is 4.93. The summed E-state index contributed by atoms with van der Waals surface area (Å²) in [5.74, 6) is 0. The average Bonchev–Trinajstić information content (AvgIpc) is 2.82. The van der Waals surface area contributed by atoms with Gasteiger partial charge in [-0.1, -0.05) is 12.1 Å². The Labute approximate surface area is 114 Å². The molecule has 0 fully saturated rings. The number of hydrogen-bond acceptors (Lipinski definition) is 3. The molecule has 0 aliphatic carbocycles. The van der Waals surface area contributed by atoms with Gasteiger partial charge < -0.3 is 10.6 Å². The number of anilines is 1. The van der Waals surface area contributed by atoms with Crippen LogP contribution in [0, 0.1) is 6.92 Å². The molecule has 1 heterocycles. The molecule has 102 valence electrons. The fraction of sp³-hybridized carbons (Fsp3) is 0.400. The first kappa shape index (κ1) is 13.6. The van der Waals surface area contributed by atoms with Gasteiger partial charge in [-0.3, -0.25) is 4.68 Å². The minimum Gasteiger partial charge on any atom is -0.370 e. The number of likely N-dealkylation sites (N-methyl/N-ethyl adjacent to an activating group) is 1. The van der Waals surface area contributed by atoms with E-state index in [1.54, 1.807) is 4.68 Å². The van der Waals surface area contributed by atoms with Crippen LogP contribution in [-0.2, 0) is 7.05 Å². The Morgan fingerprint density at radius 3 is 2.79 bits per heavy atom. The van der Waals surface area contributed by atoms with Crippen molar-refractivity contribution in [1.82, 2.24) is 9.78 Å². The second-order valence-corrected chi connectivity index (χ2v) is 4.93. The highest BCUT2D eigenvalue weighted by molar-refractivity contribution is 5.48. The smallest absolute Gasteiger partial charge is 0.0538 e. The molecule has 2 aromatic rings. The van der Waals surface area contributed by atoms with Crippen LogP contribution >= 0.6 is 0 Å². The van der Waals surface area contributed by atoms with E-state index in [0.29, 0.717) is 0 Å². The third-order valence-electron chi connectivity index (χ3n) is 3.32. The molecule has 4 heteroatoms. The molecule has 1 atom stereocenters. The van der Waals surface area contributed by atoms with Crippen LogP contribution in [0.25, 0.3) is 0 Å². The van der Waals surface area contributed by atoms with Gasteiger partial charge in [0.15, 0.2) is 0 Å². The van der Waals surface area contributed by atoms with Crippen molar-refractivity contribution in [3.8, 4) is 0 Å². The fourth-order valence-corrected chi connectivity index (χ4v) is 2.22. The summed E-state index contributed by atoms with van der Waals surface area (Å²) in [4.78, 5) is 2.30. The lowest BCUT2D eigenvalue weighted by Crippen LogP contribution is -2.32. The number of nitrogens with two attached hydrogens (primary N) is 1. The van der Waals surface area contributed by atoms with E-state index in [1.807, 2.05) is 19.4 Å². The SMILES string of the molecule is CCN(CC(N)c1cnn(C)c1)c1cccc(C)c1. The number of rotatable bonds is 5. The number of benzene rings is 1. The molecule has 0 aliphatic heterocycles. The monoisotopic (exact) mass is 258 g/mol. The molecule has 0 radical (unpaired) electrons. The first-order chi connectivity index (χ1) is 9.10. The molecule has 1 unspecified atom stereocenters. The van der Waals surface area contributed by atoms with Crippen LogP contribution in [0.3, 0.4) is 0 Å². The van der Waals surface area contributed by atoms with Crippen molar-refractivity contribution >= 4 is 5.69 Å². The summed E-state index contributed by atoms with van der Waals surface area (Å²) in [6.07, 6.45) is 3.82. The van der Waals surface area contributed by atoms with Crippen molar-refractivity contribution in [3.63, 3.8) is 0 Å². The van der Waals surface area contributed by atoms with E-state index in [4.69, 9.17) is 5.73 Å². The zero-order valence-electron chi connectivity index (χ0n) is 11.9. The molecule has 0 bridgehead atoms. The summed E-state index contributed by atoms with van der Waals surface area (Å²) in [6.45, 7) is 6.00. The van der Waals surface area contributed by atoms with Crippen molar-refractivity contribution in [2.75, 3.05) is 18.0 Å². The Balaban J connectivity index is 2.11. The molecule has 2 N–H and O–H groups in total. The first-order valence-corrected chi connectivity index (χ1v) is 6.66. The van der Waals surface area contributed by atoms with Crippen molar-refractivity contribution in [2.24, 2.45) is 12.8 Å². The maximum absolute atomic E-state index is 6.27. The fourth-order valence-electron chi connectivity index (χ4n) is 2.22. The molecule has 0 amide bonds. The summed E-state index contributed by atoms with van der Waals surface area (Å²) < 4.78 is 1.79. The van der Waals surface area contributed by atoms with Crippen LogP contribution < -0.4 is 10.6 Å². The van der Waals surface area contributed by atoms with E-state index in [0.717, 1.165) is 18.7 Å². The summed E-state index contributed by atoms with van der Waals surface area (Å²) >= 11 is 0. The number of aromatic nitrogens is 2. The molecule has 0 saturated carbocycles. The van der Waals surface area contributed by atoms with Crippen molar-refractivity contribution < 1.29 is 0 Å². The number of nitrogens with zero attached hydrogens (tertiary/aromatic N) is 3. The van der Waals surface area contributed by atoms with Crippen molar-refractivity contribution in [2.45, 2.75) is 19.9 Å². The standard InChI is InChI=1S/C15H22N4/c1-4-19(14-7-5-6-12(2)8-14)11-15(16)13-9-17-18(3)10-13/h5-10,15H,4,11,16H2,1-3H3. The third kappa shape index (κ3) is 3.35. The van der Waals surface area contributed by atoms with E-state index >= 15 is 0 Å². The van der Waals surface area contributed by atoms with E-state index in [1.165, 1.54) is 11.3 Å². The average molecular weight is 258 g/mol. The van der Waals surface area contributed by atoms with Gasteiger partial charge in [0, 0.05) is 37.6 Å². The van der Waals surface area contributed by atoms with Crippen molar-refractivity contribution in [3.05, 3.63) is 47.8 Å². The zero-order chi connectivity index (χ0) is 13.8. The highest BCUT2D eigenvalue weighted by Crippen LogP contribution is 2.19. The molecular weight excluding hydrogens is 236 g/mol. The van der Waals surface area contributed by atoms with Crippen LogP contribution in [0.1, 0.15) is 24.1 Å². The first-order valence-electron chi connectivity index (χ1n) is 6.66. The molecule has 0 spiro atoms. The van der Waals surface area contributed by atoms with Gasteiger partial charge in [-0.05, 0) is 31.5 Å². The lowest BCUT2D eigenvalue weighted by atomic mass is 10.1. The predicted molar refractivity (Wildman–Crippen MR) is 79.2 cm³/mol. The topological polar surface area (TPSA) is 47.1 Å². The van der Waals surface area contributed by atoms with Crippen LogP contribution in [0.5, 0.6) is 0 Å². The van der Waals surface area contributed by atoms with Gasteiger partial charge in [-0.2, -0.15) is 5.10 Å². The van der Waals surface area contributed by atoms with Crippen LogP contribution in [-0.4, -0.2) is 22.9 Å². The van der Waals surface area contributed by atoms with E-state index in [2.05, 4.69) is 48.1 Å². The van der Waals surface area contributed by atoms with Crippen molar-refractivity contribution in [1.29, 1.82) is 0 Å². The molecule has 4 nitrogen and oxygen atoms in total. The van der Waals surface area contributed by atoms with Gasteiger partial charge in [-0.15, -0.1) is 0 Å². The van der Waals surface area contributed by atoms with Crippen LogP contribution in [0.2, 0.25) is 0 Å². The Hall–Kier alpha value is -1.81. The minimum absolute atomic E-state index is 0.0193. The Morgan fingerprint density at radius 1 is 1.42 bits per heavy atom. The summed E-state index contributed by atoms with van der Waals surface area (Å²) in [5.41, 5.74) is 9.84. The quantitative estimate of drug-likeness (QED) is 0.895. The Kier molecular flexibility index (Phi) is 4.22. The van der Waals surface area contributed by atoms with Gasteiger partial charge in [0.05, 0.1) is 12.2 Å². The highest BCUT2D eigenvalue weighted by atomic mass is 15.2. The molecule has 2 rings (SSSR count). The lowest BCUT2D eigenvalue weighted by Gasteiger charge is -2.26. The number of hydrogen-bond donors (Lipinski definition) is 1. The highest BCUT2D eigenvalue weighted by Gasteiger charge is 2.13. The summed E-state index contributed by atoms with van der Waals surface area (Å²) in [5, 5.41) is 4.18. The Bertz CT molecular complexity index is 532. The normalized spacial score (nSPS) is 12.4. The molecule has 1 aromatic heterocycles. The van der Waals surface area contributed by atoms with Crippen LogP contribution in [0.4, 0.5) is 5.69 Å². The summed E-state index contributed by atoms with van der Waals surface area (Å²) in [7, 11) is 1.91. The van der Waals surface area contributed by atoms with Gasteiger partial charge in [0.2, 0.25) is 0 Å². The molecule has 0 saturated heterocycles. The largest absolute Gasteiger partial charge is 0.370 e. The van der Waals surface area contributed by atoms with E-state index in [9.17, 15) is 0 Å². The third-order valence-corrected chi connectivity index (χ3v) is 3.32. The predicted octanol–water partition coefficient (Wildman–Crippen LogP) is 2.25. The van der Waals surface area contributed by atoms with Gasteiger partial charge in [0.25, 0.3) is 0 Å². The molecule has 0 aliphatic rings. The van der Waals surface area contributed by atoms with Crippen LogP contribution in [0.15, 0.2) is 36.7 Å². The maximum Gasteiger partial charge on any atom is 0.0538 e. The van der Waals surface area contributed by atoms with Gasteiger partial charge in [0.1, 0.15) is 0 Å². The molecule has 1 aromatic carbocycles. The lowest BCUT2D eigenvalue weighted by molar-refractivity contribution is 0.675. The maximum atomic E-state index is 6.27. The zero-order valence-corrected chi connectivity index (χ0v) is 11.9. The van der Waals surface area contributed by atoms with Gasteiger partial charge in [-0.25, -0.2) is 0 Å². The summed E-state index contributed by atoms with van der Waals surface area (Å²) in [6, 6.07) is 8.50. The van der Waals surface area contributed by atoms with Gasteiger partial charge >= 0.3 is 0 Å². The second kappa shape index (κ2) is 5.89. The molecular formula is C15H22N4. The van der Waals surface area contributed by atoms with E-state index in [-0.39, 0.29) is 6.04 Å². The number of aryl methyl sites for hydroxylation is 2. The molecule has 19 heavy (non-hydrogen) atoms. The minimum atomic E-state index is -0.0193. The Morgan fingerprint density at radius 2 is 2.21 bits per heavy atom.